The van der Waals surface area contributed by atoms with Crippen LogP contribution in [-0.4, -0.2) is 11.3 Å². The Morgan fingerprint density at radius 3 is 2.54 bits per heavy atom. The van der Waals surface area contributed by atoms with Crippen molar-refractivity contribution >= 4 is 17.9 Å². The summed E-state index contributed by atoms with van der Waals surface area (Å²) in [6.07, 6.45) is -3.58. The van der Waals surface area contributed by atoms with Crippen molar-refractivity contribution in [2.45, 2.75) is 6.18 Å². The minimum Gasteiger partial charge on any atom is -0.296 e. The lowest BCUT2D eigenvalue weighted by atomic mass is 10.2. The minimum absolute atomic E-state index is 0.0408. The molecule has 1 aromatic rings. The van der Waals surface area contributed by atoms with Gasteiger partial charge in [0.2, 0.25) is 0 Å². The first kappa shape index (κ1) is 9.98. The summed E-state index contributed by atoms with van der Waals surface area (Å²) in [7, 11) is 0. The Kier molecular flexibility index (Phi) is 2.56. The first-order chi connectivity index (χ1) is 5.95. The molecular formula is C7H3ClF3NO. The molecule has 0 aliphatic carbocycles. The van der Waals surface area contributed by atoms with Gasteiger partial charge in [0.15, 0.2) is 6.29 Å². The van der Waals surface area contributed by atoms with Gasteiger partial charge in [0, 0.05) is 6.20 Å². The van der Waals surface area contributed by atoms with Gasteiger partial charge in [0.25, 0.3) is 0 Å². The third kappa shape index (κ3) is 2.18. The van der Waals surface area contributed by atoms with Gasteiger partial charge < -0.3 is 0 Å². The Hall–Kier alpha value is -1.10. The molecule has 0 atom stereocenters. The molecule has 0 aliphatic rings. The van der Waals surface area contributed by atoms with Gasteiger partial charge in [-0.3, -0.25) is 9.78 Å². The zero-order chi connectivity index (χ0) is 10.1. The third-order valence-corrected chi connectivity index (χ3v) is 1.51. The Labute approximate surface area is 76.3 Å². The van der Waals surface area contributed by atoms with Crippen molar-refractivity contribution in [3.8, 4) is 0 Å². The highest BCUT2D eigenvalue weighted by Gasteiger charge is 2.34. The largest absolute Gasteiger partial charge is 0.418 e. The maximum absolute atomic E-state index is 12.2. The number of nitrogens with zero attached hydrogens (tertiary/aromatic N) is 1. The molecule has 0 amide bonds. The van der Waals surface area contributed by atoms with E-state index in [4.69, 9.17) is 11.6 Å². The third-order valence-electron chi connectivity index (χ3n) is 1.30. The molecule has 6 heteroatoms. The molecule has 0 saturated heterocycles. The average Bonchev–Trinajstić information content (AvgIpc) is 2.03. The van der Waals surface area contributed by atoms with Crippen molar-refractivity contribution < 1.29 is 18.0 Å². The van der Waals surface area contributed by atoms with Gasteiger partial charge in [0.1, 0.15) is 5.69 Å². The Morgan fingerprint density at radius 1 is 1.46 bits per heavy atom. The summed E-state index contributed by atoms with van der Waals surface area (Å²) in [5.41, 5.74) is -1.77. The molecule has 0 unspecified atom stereocenters. The molecule has 1 heterocycles. The monoisotopic (exact) mass is 209 g/mol. The van der Waals surface area contributed by atoms with Crippen LogP contribution in [0, 0.1) is 0 Å². The van der Waals surface area contributed by atoms with E-state index < -0.39 is 17.4 Å². The summed E-state index contributed by atoms with van der Waals surface area (Å²) in [5.74, 6) is 0. The lowest BCUT2D eigenvalue weighted by molar-refractivity contribution is -0.138. The van der Waals surface area contributed by atoms with Crippen molar-refractivity contribution in [1.82, 2.24) is 4.98 Å². The zero-order valence-electron chi connectivity index (χ0n) is 6.10. The molecular weight excluding hydrogens is 207 g/mol. The highest BCUT2D eigenvalue weighted by atomic mass is 35.5. The van der Waals surface area contributed by atoms with E-state index in [2.05, 4.69) is 4.98 Å². The number of halogens is 4. The molecule has 0 N–H and O–H groups in total. The fraction of sp³-hybridized carbons (Fsp3) is 0.143. The van der Waals surface area contributed by atoms with Crippen molar-refractivity contribution in [1.29, 1.82) is 0 Å². The number of alkyl halides is 3. The second-order valence-corrected chi connectivity index (χ2v) is 2.64. The maximum atomic E-state index is 12.2. The molecule has 0 aliphatic heterocycles. The van der Waals surface area contributed by atoms with E-state index in [1.807, 2.05) is 0 Å². The van der Waals surface area contributed by atoms with Crippen LogP contribution in [0.25, 0.3) is 0 Å². The molecule has 13 heavy (non-hydrogen) atoms. The number of aromatic nitrogens is 1. The van der Waals surface area contributed by atoms with Gasteiger partial charge in [-0.1, -0.05) is 11.6 Å². The van der Waals surface area contributed by atoms with E-state index in [0.29, 0.717) is 6.07 Å². The average molecular weight is 210 g/mol. The number of pyridine rings is 1. The summed E-state index contributed by atoms with van der Waals surface area (Å²) >= 11 is 5.30. The summed E-state index contributed by atoms with van der Waals surface area (Å²) in [4.78, 5) is 13.4. The smallest absolute Gasteiger partial charge is 0.296 e. The van der Waals surface area contributed by atoms with Crippen LogP contribution >= 0.6 is 11.6 Å². The SMILES string of the molecule is O=Cc1ncc(Cl)cc1C(F)(F)F. The van der Waals surface area contributed by atoms with Crippen LogP contribution < -0.4 is 0 Å². The zero-order valence-corrected chi connectivity index (χ0v) is 6.86. The van der Waals surface area contributed by atoms with Crippen LogP contribution in [0.3, 0.4) is 0 Å². The van der Waals surface area contributed by atoms with Crippen molar-refractivity contribution in [2.24, 2.45) is 0 Å². The van der Waals surface area contributed by atoms with Gasteiger partial charge in [-0.15, -0.1) is 0 Å². The first-order valence-corrected chi connectivity index (χ1v) is 3.51. The number of carbonyl (C=O) groups excluding carboxylic acids is 1. The van der Waals surface area contributed by atoms with Gasteiger partial charge >= 0.3 is 6.18 Å². The normalized spacial score (nSPS) is 11.4. The van der Waals surface area contributed by atoms with E-state index in [1.165, 1.54) is 0 Å². The standard InChI is InChI=1S/C7H3ClF3NO/c8-4-1-5(7(9,10)11)6(3-13)12-2-4/h1-3H. The van der Waals surface area contributed by atoms with Crippen LogP contribution in [-0.2, 0) is 6.18 Å². The lowest BCUT2D eigenvalue weighted by Gasteiger charge is -2.07. The first-order valence-electron chi connectivity index (χ1n) is 3.13. The van der Waals surface area contributed by atoms with Gasteiger partial charge in [-0.05, 0) is 6.07 Å². The van der Waals surface area contributed by atoms with E-state index in [9.17, 15) is 18.0 Å². The molecule has 1 rings (SSSR count). The van der Waals surface area contributed by atoms with Crippen LogP contribution in [0.15, 0.2) is 12.3 Å². The van der Waals surface area contributed by atoms with Crippen molar-refractivity contribution in [2.75, 3.05) is 0 Å². The lowest BCUT2D eigenvalue weighted by Crippen LogP contribution is -2.10. The molecule has 0 radical (unpaired) electrons. The number of hydrogen-bond acceptors (Lipinski definition) is 2. The van der Waals surface area contributed by atoms with Gasteiger partial charge in [0.05, 0.1) is 10.6 Å². The predicted molar refractivity (Wildman–Crippen MR) is 39.6 cm³/mol. The number of hydrogen-bond donors (Lipinski definition) is 0. The van der Waals surface area contributed by atoms with Crippen LogP contribution in [0.1, 0.15) is 16.1 Å². The molecule has 70 valence electrons. The molecule has 0 aromatic carbocycles. The molecule has 2 nitrogen and oxygen atoms in total. The van der Waals surface area contributed by atoms with Gasteiger partial charge in [-0.25, -0.2) is 0 Å². The van der Waals surface area contributed by atoms with Crippen molar-refractivity contribution in [3.05, 3.63) is 28.5 Å². The highest BCUT2D eigenvalue weighted by Crippen LogP contribution is 2.31. The van der Waals surface area contributed by atoms with E-state index in [0.717, 1.165) is 6.20 Å². The fourth-order valence-electron chi connectivity index (χ4n) is 0.771. The van der Waals surface area contributed by atoms with Crippen LogP contribution in [0.5, 0.6) is 0 Å². The Morgan fingerprint density at radius 2 is 2.08 bits per heavy atom. The van der Waals surface area contributed by atoms with E-state index in [-0.39, 0.29) is 11.3 Å². The number of carbonyl (C=O) groups is 1. The second-order valence-electron chi connectivity index (χ2n) is 2.20. The molecule has 1 aromatic heterocycles. The number of rotatable bonds is 1. The van der Waals surface area contributed by atoms with Crippen molar-refractivity contribution in [3.63, 3.8) is 0 Å². The Bertz CT molecular complexity index is 337. The fourth-order valence-corrected chi connectivity index (χ4v) is 0.929. The topological polar surface area (TPSA) is 30.0 Å². The quantitative estimate of drug-likeness (QED) is 0.666. The van der Waals surface area contributed by atoms with E-state index >= 15 is 0 Å². The molecule has 0 fully saturated rings. The maximum Gasteiger partial charge on any atom is 0.418 e. The summed E-state index contributed by atoms with van der Waals surface area (Å²) in [6.45, 7) is 0. The molecule has 0 bridgehead atoms. The predicted octanol–water partition coefficient (Wildman–Crippen LogP) is 2.57. The molecule has 0 spiro atoms. The number of aldehydes is 1. The highest BCUT2D eigenvalue weighted by molar-refractivity contribution is 6.30. The van der Waals surface area contributed by atoms with Crippen LogP contribution in [0.4, 0.5) is 13.2 Å². The minimum atomic E-state index is -4.60. The second kappa shape index (κ2) is 3.33. The van der Waals surface area contributed by atoms with E-state index in [1.54, 1.807) is 0 Å². The molecule has 0 saturated carbocycles. The summed E-state index contributed by atoms with van der Waals surface area (Å²) in [5, 5.41) is -0.155. The Balaban J connectivity index is 3.32. The summed E-state index contributed by atoms with van der Waals surface area (Å²) < 4.78 is 36.5. The van der Waals surface area contributed by atoms with Crippen LogP contribution in [0.2, 0.25) is 5.02 Å². The van der Waals surface area contributed by atoms with Gasteiger partial charge in [-0.2, -0.15) is 13.2 Å². The summed E-state index contributed by atoms with van der Waals surface area (Å²) in [6, 6.07) is 0.665.